The molecule has 0 N–H and O–H groups in total. The monoisotopic (exact) mass is 322 g/mol. The molecule has 0 aromatic carbocycles. The molecule has 0 aromatic heterocycles. The van der Waals surface area contributed by atoms with Crippen LogP contribution in [0.1, 0.15) is 65.2 Å². The fraction of sp³-hybridized carbons (Fsp3) is 0.789. The smallest absolute Gasteiger partial charge is 0.158 e. The number of rotatable bonds is 11. The predicted molar refractivity (Wildman–Crippen MR) is 90.1 cm³/mol. The highest BCUT2D eigenvalue weighted by Crippen LogP contribution is 2.11. The summed E-state index contributed by atoms with van der Waals surface area (Å²) in [5.41, 5.74) is 0. The second-order valence-electron chi connectivity index (χ2n) is 6.35. The van der Waals surface area contributed by atoms with E-state index in [0.29, 0.717) is 32.5 Å². The lowest BCUT2D eigenvalue weighted by Gasteiger charge is -2.13. The largest absolute Gasteiger partial charge is 0.381 e. The molecule has 23 heavy (non-hydrogen) atoms. The normalized spacial score (nSPS) is 18.0. The minimum Gasteiger partial charge on any atom is -0.381 e. The molecule has 0 aromatic rings. The van der Waals surface area contributed by atoms with Gasteiger partial charge in [0.25, 0.3) is 0 Å². The van der Waals surface area contributed by atoms with E-state index in [1.165, 1.54) is 12.8 Å². The molecule has 0 saturated carbocycles. The van der Waals surface area contributed by atoms with E-state index >= 15 is 0 Å². The average Bonchev–Trinajstić information content (AvgIpc) is 2.49. The summed E-state index contributed by atoms with van der Waals surface area (Å²) >= 11 is 0. The fourth-order valence-electron chi connectivity index (χ4n) is 2.30. The molecule has 1 rings (SSSR count). The average molecular weight is 322 g/mol. The fourth-order valence-corrected chi connectivity index (χ4v) is 2.30. The Balaban J connectivity index is 2.02. The molecule has 4 nitrogen and oxygen atoms in total. The second kappa shape index (κ2) is 12.3. The molecule has 0 radical (unpaired) electrons. The zero-order valence-corrected chi connectivity index (χ0v) is 14.6. The summed E-state index contributed by atoms with van der Waals surface area (Å²) in [6.45, 7) is 4.88. The highest BCUT2D eigenvalue weighted by atomic mass is 16.5. The van der Waals surface area contributed by atoms with Crippen molar-refractivity contribution < 1.29 is 19.1 Å². The molecular weight excluding hydrogens is 292 g/mol. The van der Waals surface area contributed by atoms with Gasteiger partial charge in [-0.25, -0.2) is 0 Å². The van der Waals surface area contributed by atoms with Crippen molar-refractivity contribution in [1.29, 1.82) is 0 Å². The Morgan fingerprint density at radius 3 is 2.74 bits per heavy atom. The summed E-state index contributed by atoms with van der Waals surface area (Å²) < 4.78 is 11.0. The van der Waals surface area contributed by atoms with Crippen molar-refractivity contribution in [2.75, 3.05) is 19.8 Å². The molecule has 0 amide bonds. The van der Waals surface area contributed by atoms with Crippen LogP contribution in [0.5, 0.6) is 0 Å². The Kier molecular flexibility index (Phi) is 10.6. The zero-order chi connectivity index (χ0) is 16.9. The van der Waals surface area contributed by atoms with Gasteiger partial charge in [0.2, 0.25) is 0 Å². The van der Waals surface area contributed by atoms with Crippen LogP contribution in [0.2, 0.25) is 0 Å². The third-order valence-corrected chi connectivity index (χ3v) is 3.86. The molecule has 1 aliphatic rings. The second-order valence-corrected chi connectivity index (χ2v) is 6.35. The standard InChI is InChI=1S/C19H30O4/c1-16(2)19(21)12-14-22-13-8-9-17(20)15-23-18-10-6-4-3-5-7-11-18/h16,18H,3-6,8-10,12-15H2,1-2H3. The lowest BCUT2D eigenvalue weighted by molar-refractivity contribution is -0.125. The van der Waals surface area contributed by atoms with Crippen LogP contribution in [0.15, 0.2) is 0 Å². The SMILES string of the molecule is CC(C)C(=O)CCOCCCC(=O)COC1C#CCCCCC1. The lowest BCUT2D eigenvalue weighted by Crippen LogP contribution is -2.18. The van der Waals surface area contributed by atoms with Gasteiger partial charge in [-0.2, -0.15) is 0 Å². The summed E-state index contributed by atoms with van der Waals surface area (Å²) in [7, 11) is 0. The Bertz CT molecular complexity index is 417. The maximum Gasteiger partial charge on any atom is 0.158 e. The van der Waals surface area contributed by atoms with E-state index in [0.717, 1.165) is 19.3 Å². The molecule has 1 aliphatic carbocycles. The van der Waals surface area contributed by atoms with Gasteiger partial charge in [-0.05, 0) is 25.7 Å². The predicted octanol–water partition coefficient (Wildman–Crippen LogP) is 3.32. The van der Waals surface area contributed by atoms with E-state index in [-0.39, 0.29) is 30.2 Å². The van der Waals surface area contributed by atoms with E-state index in [4.69, 9.17) is 9.47 Å². The third-order valence-electron chi connectivity index (χ3n) is 3.86. The van der Waals surface area contributed by atoms with E-state index in [2.05, 4.69) is 11.8 Å². The van der Waals surface area contributed by atoms with Crippen molar-refractivity contribution in [3.05, 3.63) is 0 Å². The van der Waals surface area contributed by atoms with Crippen molar-refractivity contribution in [1.82, 2.24) is 0 Å². The zero-order valence-electron chi connectivity index (χ0n) is 14.6. The molecule has 1 unspecified atom stereocenters. The van der Waals surface area contributed by atoms with Crippen LogP contribution in [0.3, 0.4) is 0 Å². The van der Waals surface area contributed by atoms with Crippen molar-refractivity contribution in [2.24, 2.45) is 5.92 Å². The van der Waals surface area contributed by atoms with E-state index in [1.54, 1.807) is 0 Å². The number of Topliss-reactive ketones (excluding diaryl/α,β-unsaturated/α-hetero) is 2. The first-order valence-electron chi connectivity index (χ1n) is 8.81. The number of carbonyl (C=O) groups is 2. The Hall–Kier alpha value is -1.18. The Morgan fingerprint density at radius 1 is 1.13 bits per heavy atom. The van der Waals surface area contributed by atoms with Gasteiger partial charge in [0.1, 0.15) is 18.5 Å². The summed E-state index contributed by atoms with van der Waals surface area (Å²) in [5.74, 6) is 6.58. The Labute approximate surface area is 140 Å². The molecule has 0 saturated heterocycles. The topological polar surface area (TPSA) is 52.6 Å². The van der Waals surface area contributed by atoms with Gasteiger partial charge in [0.15, 0.2) is 5.78 Å². The van der Waals surface area contributed by atoms with Gasteiger partial charge < -0.3 is 9.47 Å². The first-order chi connectivity index (χ1) is 11.1. The minimum atomic E-state index is -0.0856. The molecule has 0 heterocycles. The highest BCUT2D eigenvalue weighted by molar-refractivity contribution is 5.80. The van der Waals surface area contributed by atoms with Gasteiger partial charge in [-0.15, -0.1) is 5.92 Å². The minimum absolute atomic E-state index is 0.0636. The van der Waals surface area contributed by atoms with Crippen LogP contribution in [0, 0.1) is 17.8 Å². The molecular formula is C19H30O4. The number of carbonyl (C=O) groups excluding carboxylic acids is 2. The molecule has 1 atom stereocenters. The maximum atomic E-state index is 11.8. The summed E-state index contributed by atoms with van der Waals surface area (Å²) in [6.07, 6.45) is 6.84. The van der Waals surface area contributed by atoms with Gasteiger partial charge in [0, 0.05) is 31.8 Å². The summed E-state index contributed by atoms with van der Waals surface area (Å²) in [5, 5.41) is 0. The third kappa shape index (κ3) is 10.3. The van der Waals surface area contributed by atoms with Crippen LogP contribution in [-0.4, -0.2) is 37.5 Å². The van der Waals surface area contributed by atoms with Crippen LogP contribution >= 0.6 is 0 Å². The molecule has 0 aliphatic heterocycles. The van der Waals surface area contributed by atoms with E-state index < -0.39 is 0 Å². The number of ether oxygens (including phenoxy) is 2. The van der Waals surface area contributed by atoms with E-state index in [9.17, 15) is 9.59 Å². The quantitative estimate of drug-likeness (QED) is 0.432. The van der Waals surface area contributed by atoms with Crippen molar-refractivity contribution in [3.63, 3.8) is 0 Å². The van der Waals surface area contributed by atoms with Gasteiger partial charge in [0.05, 0.1) is 6.61 Å². The van der Waals surface area contributed by atoms with Crippen LogP contribution in [-0.2, 0) is 19.1 Å². The van der Waals surface area contributed by atoms with Gasteiger partial charge >= 0.3 is 0 Å². The summed E-state index contributed by atoms with van der Waals surface area (Å²) in [6, 6.07) is 0. The van der Waals surface area contributed by atoms with Crippen molar-refractivity contribution in [2.45, 2.75) is 71.3 Å². The highest BCUT2D eigenvalue weighted by Gasteiger charge is 2.10. The lowest BCUT2D eigenvalue weighted by atomic mass is 10.1. The summed E-state index contributed by atoms with van der Waals surface area (Å²) in [4.78, 5) is 23.2. The molecule has 0 spiro atoms. The molecule has 4 heteroatoms. The molecule has 130 valence electrons. The van der Waals surface area contributed by atoms with Gasteiger partial charge in [-0.3, -0.25) is 9.59 Å². The van der Waals surface area contributed by atoms with Crippen molar-refractivity contribution in [3.8, 4) is 11.8 Å². The van der Waals surface area contributed by atoms with Crippen molar-refractivity contribution >= 4 is 11.6 Å². The van der Waals surface area contributed by atoms with Crippen LogP contribution < -0.4 is 0 Å². The van der Waals surface area contributed by atoms with Crippen LogP contribution in [0.4, 0.5) is 0 Å². The number of hydrogen-bond donors (Lipinski definition) is 0. The van der Waals surface area contributed by atoms with Gasteiger partial charge in [-0.1, -0.05) is 26.2 Å². The van der Waals surface area contributed by atoms with E-state index in [1.807, 2.05) is 13.8 Å². The maximum absolute atomic E-state index is 11.8. The molecule has 0 fully saturated rings. The molecule has 0 bridgehead atoms. The first kappa shape index (κ1) is 19.9. The number of hydrogen-bond acceptors (Lipinski definition) is 4. The van der Waals surface area contributed by atoms with Crippen LogP contribution in [0.25, 0.3) is 0 Å². The first-order valence-corrected chi connectivity index (χ1v) is 8.81. The Morgan fingerprint density at radius 2 is 1.96 bits per heavy atom. The number of ketones is 2.